The van der Waals surface area contributed by atoms with E-state index in [0.29, 0.717) is 29.4 Å². The minimum atomic E-state index is -3.46. The van der Waals surface area contributed by atoms with Crippen LogP contribution in [0.15, 0.2) is 57.9 Å². The Morgan fingerprint density at radius 2 is 1.64 bits per heavy atom. The largest absolute Gasteiger partial charge is 0.376 e. The first-order valence-corrected chi connectivity index (χ1v) is 11.6. The molecule has 0 bridgehead atoms. The van der Waals surface area contributed by atoms with Gasteiger partial charge in [-0.05, 0) is 55.3 Å². The summed E-state index contributed by atoms with van der Waals surface area (Å²) in [5.41, 5.74) is 1.40. The maximum atomic E-state index is 12.8. The lowest BCUT2D eigenvalue weighted by atomic mass is 10.2. The number of anilines is 2. The van der Waals surface area contributed by atoms with Gasteiger partial charge in [0.1, 0.15) is 0 Å². The Bertz CT molecular complexity index is 909. The molecule has 0 spiro atoms. The van der Waals surface area contributed by atoms with E-state index >= 15 is 0 Å². The molecule has 150 valence electrons. The van der Waals surface area contributed by atoms with Crippen molar-refractivity contribution in [3.63, 3.8) is 0 Å². The molecule has 0 saturated carbocycles. The summed E-state index contributed by atoms with van der Waals surface area (Å²) in [6.07, 6.45) is 3.98. The molecule has 1 amide bonds. The molecule has 8 heteroatoms. The van der Waals surface area contributed by atoms with Crippen molar-refractivity contribution in [2.24, 2.45) is 0 Å². The van der Waals surface area contributed by atoms with E-state index in [1.54, 1.807) is 28.6 Å². The van der Waals surface area contributed by atoms with Gasteiger partial charge in [-0.15, -0.1) is 0 Å². The van der Waals surface area contributed by atoms with Crippen LogP contribution in [0.4, 0.5) is 11.4 Å². The van der Waals surface area contributed by atoms with Crippen molar-refractivity contribution in [2.45, 2.75) is 30.6 Å². The van der Waals surface area contributed by atoms with Gasteiger partial charge in [0.2, 0.25) is 15.9 Å². The van der Waals surface area contributed by atoms with Gasteiger partial charge < -0.3 is 10.6 Å². The number of carbonyl (C=O) groups excluding carboxylic acids is 1. The molecule has 2 N–H and O–H groups in total. The Labute approximate surface area is 174 Å². The molecule has 1 aliphatic rings. The monoisotopic (exact) mass is 465 g/mol. The summed E-state index contributed by atoms with van der Waals surface area (Å²) < 4.78 is 28.0. The third kappa shape index (κ3) is 5.56. The van der Waals surface area contributed by atoms with Crippen LogP contribution in [0.5, 0.6) is 0 Å². The molecule has 28 heavy (non-hydrogen) atoms. The fourth-order valence-corrected chi connectivity index (χ4v) is 5.05. The van der Waals surface area contributed by atoms with E-state index in [-0.39, 0.29) is 12.5 Å². The predicted octanol–water partition coefficient (Wildman–Crippen LogP) is 4.06. The average molecular weight is 466 g/mol. The zero-order valence-electron chi connectivity index (χ0n) is 15.5. The smallest absolute Gasteiger partial charge is 0.243 e. The van der Waals surface area contributed by atoms with E-state index in [2.05, 4.69) is 26.6 Å². The highest BCUT2D eigenvalue weighted by atomic mass is 79.9. The molecular formula is C20H24BrN3O3S. The van der Waals surface area contributed by atoms with Crippen molar-refractivity contribution in [2.75, 3.05) is 30.3 Å². The predicted molar refractivity (Wildman–Crippen MR) is 115 cm³/mol. The second-order valence-corrected chi connectivity index (χ2v) is 9.61. The molecule has 0 unspecified atom stereocenters. The third-order valence-electron chi connectivity index (χ3n) is 4.62. The Morgan fingerprint density at radius 3 is 2.29 bits per heavy atom. The van der Waals surface area contributed by atoms with E-state index in [4.69, 9.17) is 0 Å². The van der Waals surface area contributed by atoms with E-state index < -0.39 is 10.0 Å². The first-order chi connectivity index (χ1) is 13.4. The van der Waals surface area contributed by atoms with Crippen LogP contribution in [0.3, 0.4) is 0 Å². The lowest BCUT2D eigenvalue weighted by Crippen LogP contribution is -2.31. The maximum absolute atomic E-state index is 12.8. The Morgan fingerprint density at radius 1 is 0.964 bits per heavy atom. The maximum Gasteiger partial charge on any atom is 0.243 e. The summed E-state index contributed by atoms with van der Waals surface area (Å²) in [7, 11) is -3.46. The van der Waals surface area contributed by atoms with Crippen molar-refractivity contribution in [1.29, 1.82) is 0 Å². The molecule has 2 aromatic carbocycles. The van der Waals surface area contributed by atoms with Crippen LogP contribution >= 0.6 is 15.9 Å². The highest BCUT2D eigenvalue weighted by molar-refractivity contribution is 9.10. The van der Waals surface area contributed by atoms with Crippen LogP contribution in [-0.4, -0.2) is 38.3 Å². The molecular weight excluding hydrogens is 442 g/mol. The quantitative estimate of drug-likeness (QED) is 0.673. The summed E-state index contributed by atoms with van der Waals surface area (Å²) in [4.78, 5) is 12.4. The zero-order valence-corrected chi connectivity index (χ0v) is 17.9. The normalized spacial score (nSPS) is 15.6. The van der Waals surface area contributed by atoms with Crippen molar-refractivity contribution in [3.05, 3.63) is 53.0 Å². The first-order valence-electron chi connectivity index (χ1n) is 9.35. The van der Waals surface area contributed by atoms with Gasteiger partial charge in [-0.1, -0.05) is 34.8 Å². The van der Waals surface area contributed by atoms with Gasteiger partial charge in [-0.25, -0.2) is 8.42 Å². The Hall–Kier alpha value is -1.90. The van der Waals surface area contributed by atoms with Gasteiger partial charge in [0.05, 0.1) is 11.4 Å². The van der Waals surface area contributed by atoms with E-state index in [0.717, 1.165) is 30.2 Å². The number of carbonyl (C=O) groups is 1. The number of rotatable bonds is 6. The van der Waals surface area contributed by atoms with Gasteiger partial charge in [0, 0.05) is 28.9 Å². The van der Waals surface area contributed by atoms with Crippen LogP contribution in [-0.2, 0) is 14.8 Å². The van der Waals surface area contributed by atoms with Gasteiger partial charge in [0.15, 0.2) is 0 Å². The average Bonchev–Trinajstić information content (AvgIpc) is 2.97. The molecule has 0 aromatic heterocycles. The van der Waals surface area contributed by atoms with Crippen LogP contribution in [0, 0.1) is 0 Å². The second-order valence-electron chi connectivity index (χ2n) is 6.75. The molecule has 1 aliphatic heterocycles. The van der Waals surface area contributed by atoms with Gasteiger partial charge in [-0.3, -0.25) is 4.79 Å². The molecule has 0 radical (unpaired) electrons. The summed E-state index contributed by atoms with van der Waals surface area (Å²) in [6.45, 7) is 1.25. The van der Waals surface area contributed by atoms with Crippen molar-refractivity contribution < 1.29 is 13.2 Å². The molecule has 1 heterocycles. The number of sulfonamides is 1. The highest BCUT2D eigenvalue weighted by Gasteiger charge is 2.24. The third-order valence-corrected chi connectivity index (χ3v) is 7.02. The number of nitrogens with one attached hydrogen (secondary N) is 2. The number of amides is 1. The Kier molecular flexibility index (Phi) is 7.09. The number of benzene rings is 2. The van der Waals surface area contributed by atoms with Crippen molar-refractivity contribution in [1.82, 2.24) is 4.31 Å². The second kappa shape index (κ2) is 9.54. The fourth-order valence-electron chi connectivity index (χ4n) is 3.13. The summed E-state index contributed by atoms with van der Waals surface area (Å²) in [5, 5.41) is 5.82. The van der Waals surface area contributed by atoms with Gasteiger partial charge >= 0.3 is 0 Å². The number of hydrogen-bond acceptors (Lipinski definition) is 4. The molecule has 2 aromatic rings. The molecule has 3 rings (SSSR count). The highest BCUT2D eigenvalue weighted by Crippen LogP contribution is 2.22. The first kappa shape index (κ1) is 20.8. The van der Waals surface area contributed by atoms with Crippen LogP contribution in [0.1, 0.15) is 25.7 Å². The minimum absolute atomic E-state index is 0.0880. The summed E-state index contributed by atoms with van der Waals surface area (Å²) >= 11 is 3.36. The van der Waals surface area contributed by atoms with Gasteiger partial charge in [-0.2, -0.15) is 4.31 Å². The SMILES string of the molecule is O=C(CNc1ccc(S(=O)(=O)N2CCCCCC2)cc1)Nc1cccc(Br)c1. The van der Waals surface area contributed by atoms with Crippen LogP contribution in [0.2, 0.25) is 0 Å². The zero-order chi connectivity index (χ0) is 20.0. The van der Waals surface area contributed by atoms with Crippen LogP contribution in [0.25, 0.3) is 0 Å². The van der Waals surface area contributed by atoms with E-state index in [1.807, 2.05) is 24.3 Å². The summed E-state index contributed by atoms with van der Waals surface area (Å²) in [5.74, 6) is -0.181. The summed E-state index contributed by atoms with van der Waals surface area (Å²) in [6, 6.07) is 13.9. The number of nitrogens with zero attached hydrogens (tertiary/aromatic N) is 1. The molecule has 1 fully saturated rings. The van der Waals surface area contributed by atoms with E-state index in [9.17, 15) is 13.2 Å². The molecule has 6 nitrogen and oxygen atoms in total. The standard InChI is InChI=1S/C20H24BrN3O3S/c21-16-6-5-7-18(14-16)23-20(25)15-22-17-8-10-19(11-9-17)28(26,27)24-12-3-1-2-4-13-24/h5-11,14,22H,1-4,12-13,15H2,(H,23,25). The Balaban J connectivity index is 1.57. The number of hydrogen-bond donors (Lipinski definition) is 2. The molecule has 1 saturated heterocycles. The van der Waals surface area contributed by atoms with Crippen molar-refractivity contribution >= 4 is 43.2 Å². The lowest BCUT2D eigenvalue weighted by Gasteiger charge is -2.20. The minimum Gasteiger partial charge on any atom is -0.376 e. The lowest BCUT2D eigenvalue weighted by molar-refractivity contribution is -0.114. The topological polar surface area (TPSA) is 78.5 Å². The van der Waals surface area contributed by atoms with Crippen LogP contribution < -0.4 is 10.6 Å². The van der Waals surface area contributed by atoms with E-state index in [1.165, 1.54) is 0 Å². The molecule has 0 atom stereocenters. The van der Waals surface area contributed by atoms with Gasteiger partial charge in [0.25, 0.3) is 0 Å². The fraction of sp³-hybridized carbons (Fsp3) is 0.350. The number of halogens is 1. The van der Waals surface area contributed by atoms with Crippen molar-refractivity contribution in [3.8, 4) is 0 Å². The molecule has 0 aliphatic carbocycles.